The van der Waals surface area contributed by atoms with Crippen LogP contribution < -0.4 is 5.32 Å². The van der Waals surface area contributed by atoms with Gasteiger partial charge in [0.25, 0.3) is 0 Å². The maximum atomic E-state index is 12.5. The molecule has 0 aromatic carbocycles. The number of hydrogen-bond acceptors (Lipinski definition) is 2. The molecule has 2 amide bonds. The van der Waals surface area contributed by atoms with E-state index in [0.29, 0.717) is 12.5 Å². The fraction of sp³-hybridized carbons (Fsp3) is 0.895. The van der Waals surface area contributed by atoms with Crippen molar-refractivity contribution >= 4 is 11.8 Å². The summed E-state index contributed by atoms with van der Waals surface area (Å²) in [7, 11) is 0. The molecule has 2 atom stereocenters. The molecule has 1 fully saturated rings. The van der Waals surface area contributed by atoms with Crippen LogP contribution in [0.25, 0.3) is 0 Å². The van der Waals surface area contributed by atoms with Gasteiger partial charge in [-0.1, -0.05) is 47.5 Å². The molecular weight excluding hydrogens is 288 g/mol. The van der Waals surface area contributed by atoms with Crippen LogP contribution in [0.15, 0.2) is 0 Å². The normalized spacial score (nSPS) is 20.5. The van der Waals surface area contributed by atoms with Crippen molar-refractivity contribution < 1.29 is 9.59 Å². The van der Waals surface area contributed by atoms with Gasteiger partial charge in [0.05, 0.1) is 5.92 Å². The molecule has 0 radical (unpaired) electrons. The smallest absolute Gasteiger partial charge is 0.227 e. The minimum atomic E-state index is -0.373. The van der Waals surface area contributed by atoms with Crippen molar-refractivity contribution in [1.82, 2.24) is 10.2 Å². The quantitative estimate of drug-likeness (QED) is 0.811. The Bertz CT molecular complexity index is 399. The van der Waals surface area contributed by atoms with E-state index in [2.05, 4.69) is 26.1 Å². The summed E-state index contributed by atoms with van der Waals surface area (Å²) in [6, 6.07) is 0.218. The summed E-state index contributed by atoms with van der Waals surface area (Å²) in [5.74, 6) is 0.934. The van der Waals surface area contributed by atoms with Gasteiger partial charge in [-0.3, -0.25) is 9.59 Å². The Morgan fingerprint density at radius 3 is 2.39 bits per heavy atom. The van der Waals surface area contributed by atoms with Crippen LogP contribution in [0.4, 0.5) is 0 Å². The summed E-state index contributed by atoms with van der Waals surface area (Å²) in [4.78, 5) is 26.8. The molecule has 4 nitrogen and oxygen atoms in total. The zero-order valence-electron chi connectivity index (χ0n) is 15.9. The predicted octanol–water partition coefficient (Wildman–Crippen LogP) is 3.60. The van der Waals surface area contributed by atoms with Gasteiger partial charge in [-0.25, -0.2) is 0 Å². The highest BCUT2D eigenvalue weighted by atomic mass is 16.2. The van der Waals surface area contributed by atoms with Gasteiger partial charge in [-0.2, -0.15) is 0 Å². The Kier molecular flexibility index (Phi) is 7.56. The van der Waals surface area contributed by atoms with E-state index >= 15 is 0 Å². The summed E-state index contributed by atoms with van der Waals surface area (Å²) in [5, 5.41) is 3.14. The fourth-order valence-corrected chi connectivity index (χ4v) is 3.12. The van der Waals surface area contributed by atoms with E-state index in [1.54, 1.807) is 0 Å². The molecule has 1 heterocycles. The number of piperidine rings is 1. The second kappa shape index (κ2) is 8.70. The van der Waals surface area contributed by atoms with Crippen LogP contribution in [0.1, 0.15) is 73.6 Å². The number of rotatable bonds is 6. The highest BCUT2D eigenvalue weighted by Gasteiger charge is 2.33. The summed E-state index contributed by atoms with van der Waals surface area (Å²) < 4.78 is 0. The van der Waals surface area contributed by atoms with Crippen LogP contribution in [0, 0.1) is 17.3 Å². The third kappa shape index (κ3) is 6.92. The van der Waals surface area contributed by atoms with Gasteiger partial charge < -0.3 is 10.2 Å². The van der Waals surface area contributed by atoms with Crippen LogP contribution in [-0.4, -0.2) is 35.8 Å². The molecule has 1 aliphatic heterocycles. The Morgan fingerprint density at radius 2 is 1.83 bits per heavy atom. The van der Waals surface area contributed by atoms with Gasteiger partial charge in [-0.15, -0.1) is 0 Å². The van der Waals surface area contributed by atoms with Crippen molar-refractivity contribution in [3.8, 4) is 0 Å². The third-order valence-corrected chi connectivity index (χ3v) is 4.53. The number of amides is 2. The van der Waals surface area contributed by atoms with Gasteiger partial charge in [0.2, 0.25) is 11.8 Å². The molecule has 2 unspecified atom stereocenters. The molecule has 4 heteroatoms. The minimum Gasteiger partial charge on any atom is -0.353 e. The molecule has 0 aliphatic carbocycles. The monoisotopic (exact) mass is 324 g/mol. The lowest BCUT2D eigenvalue weighted by Gasteiger charge is -2.36. The second-order valence-electron chi connectivity index (χ2n) is 8.57. The summed E-state index contributed by atoms with van der Waals surface area (Å²) >= 11 is 0. The first-order valence-electron chi connectivity index (χ1n) is 9.21. The number of likely N-dealkylation sites (tertiary alicyclic amines) is 1. The number of carbonyl (C=O) groups excluding carboxylic acids is 2. The van der Waals surface area contributed by atoms with Gasteiger partial charge >= 0.3 is 0 Å². The number of nitrogens with zero attached hydrogens (tertiary/aromatic N) is 1. The number of carbonyl (C=O) groups is 2. The van der Waals surface area contributed by atoms with Gasteiger partial charge in [0.15, 0.2) is 0 Å². The highest BCUT2D eigenvalue weighted by molar-refractivity contribution is 5.84. The van der Waals surface area contributed by atoms with Crippen molar-refractivity contribution in [3.05, 3.63) is 0 Å². The molecule has 1 aliphatic rings. The summed E-state index contributed by atoms with van der Waals surface area (Å²) in [6.45, 7) is 13.7. The van der Waals surface area contributed by atoms with Crippen LogP contribution in [-0.2, 0) is 9.59 Å². The molecule has 0 bridgehead atoms. The highest BCUT2D eigenvalue weighted by Crippen LogP contribution is 2.23. The van der Waals surface area contributed by atoms with Crippen molar-refractivity contribution in [2.45, 2.75) is 79.7 Å². The lowest BCUT2D eigenvalue weighted by Crippen LogP contribution is -2.49. The Labute approximate surface area is 142 Å². The van der Waals surface area contributed by atoms with Gasteiger partial charge in [0.1, 0.15) is 0 Å². The maximum absolute atomic E-state index is 12.5. The molecule has 0 spiro atoms. The minimum absolute atomic E-state index is 0.0531. The Morgan fingerprint density at radius 1 is 1.17 bits per heavy atom. The van der Waals surface area contributed by atoms with Gasteiger partial charge in [0, 0.05) is 24.5 Å². The van der Waals surface area contributed by atoms with E-state index in [4.69, 9.17) is 0 Å². The largest absolute Gasteiger partial charge is 0.353 e. The molecule has 0 aromatic rings. The van der Waals surface area contributed by atoms with Crippen LogP contribution in [0.5, 0.6) is 0 Å². The molecule has 23 heavy (non-hydrogen) atoms. The Hall–Kier alpha value is -1.06. The standard InChI is InChI=1S/C19H36N2O2/c1-14(2)9-7-10-15(3)20-17(22)16-11-8-12-21(13-16)18(23)19(4,5)6/h14-16H,7-13H2,1-6H3,(H,20,22). The first-order valence-corrected chi connectivity index (χ1v) is 9.21. The number of hydrogen-bond donors (Lipinski definition) is 1. The van der Waals surface area contributed by atoms with E-state index in [9.17, 15) is 9.59 Å². The van der Waals surface area contributed by atoms with Crippen LogP contribution in [0.3, 0.4) is 0 Å². The topological polar surface area (TPSA) is 49.4 Å². The maximum Gasteiger partial charge on any atom is 0.227 e. The molecule has 1 saturated heterocycles. The third-order valence-electron chi connectivity index (χ3n) is 4.53. The zero-order chi connectivity index (χ0) is 17.6. The van der Waals surface area contributed by atoms with Crippen molar-refractivity contribution in [1.29, 1.82) is 0 Å². The Balaban J connectivity index is 2.45. The van der Waals surface area contributed by atoms with Crippen molar-refractivity contribution in [2.24, 2.45) is 17.3 Å². The van der Waals surface area contributed by atoms with E-state index in [1.165, 1.54) is 6.42 Å². The number of nitrogens with one attached hydrogen (secondary N) is 1. The second-order valence-corrected chi connectivity index (χ2v) is 8.57. The summed E-state index contributed by atoms with van der Waals surface area (Å²) in [5.41, 5.74) is -0.373. The molecule has 134 valence electrons. The molecule has 0 aromatic heterocycles. The average Bonchev–Trinajstić information content (AvgIpc) is 2.45. The van der Waals surface area contributed by atoms with E-state index in [0.717, 1.165) is 32.2 Å². The van der Waals surface area contributed by atoms with E-state index < -0.39 is 0 Å². The zero-order valence-corrected chi connectivity index (χ0v) is 15.9. The fourth-order valence-electron chi connectivity index (χ4n) is 3.12. The van der Waals surface area contributed by atoms with Crippen molar-refractivity contribution in [3.63, 3.8) is 0 Å². The van der Waals surface area contributed by atoms with Crippen LogP contribution >= 0.6 is 0 Å². The lowest BCUT2D eigenvalue weighted by molar-refractivity contribution is -0.142. The predicted molar refractivity (Wildman–Crippen MR) is 95.1 cm³/mol. The molecule has 0 saturated carbocycles. The van der Waals surface area contributed by atoms with Crippen LogP contribution in [0.2, 0.25) is 0 Å². The summed E-state index contributed by atoms with van der Waals surface area (Å²) in [6.07, 6.45) is 5.19. The first-order chi connectivity index (χ1) is 10.6. The van der Waals surface area contributed by atoms with E-state index in [-0.39, 0.29) is 29.2 Å². The SMILES string of the molecule is CC(C)CCCC(C)NC(=O)C1CCCN(C(=O)C(C)(C)C)C1. The first kappa shape index (κ1) is 20.0. The lowest BCUT2D eigenvalue weighted by atomic mass is 9.90. The molecule has 1 N–H and O–H groups in total. The van der Waals surface area contributed by atoms with Crippen molar-refractivity contribution in [2.75, 3.05) is 13.1 Å². The van der Waals surface area contributed by atoms with Gasteiger partial charge in [-0.05, 0) is 32.1 Å². The average molecular weight is 325 g/mol. The van der Waals surface area contributed by atoms with E-state index in [1.807, 2.05) is 25.7 Å². The molecule has 1 rings (SSSR count). The molecular formula is C19H36N2O2.